The summed E-state index contributed by atoms with van der Waals surface area (Å²) in [6, 6.07) is 0. The molecule has 0 radical (unpaired) electrons. The van der Waals surface area contributed by atoms with E-state index in [0.29, 0.717) is 11.3 Å². The van der Waals surface area contributed by atoms with Gasteiger partial charge in [0.1, 0.15) is 0 Å². The first-order valence-corrected chi connectivity index (χ1v) is 4.86. The molecule has 0 aliphatic carbocycles. The molecule has 0 fully saturated rings. The molecule has 0 amide bonds. The van der Waals surface area contributed by atoms with E-state index >= 15 is 0 Å². The van der Waals surface area contributed by atoms with Crippen molar-refractivity contribution in [2.24, 2.45) is 11.3 Å². The highest BCUT2D eigenvalue weighted by Crippen LogP contribution is 2.26. The summed E-state index contributed by atoms with van der Waals surface area (Å²) in [5.74, 6) is 0.583. The Morgan fingerprint density at radius 2 is 1.83 bits per heavy atom. The van der Waals surface area contributed by atoms with Crippen LogP contribution in [0.25, 0.3) is 0 Å². The van der Waals surface area contributed by atoms with Crippen molar-refractivity contribution in [1.82, 2.24) is 0 Å². The molecule has 0 saturated heterocycles. The van der Waals surface area contributed by atoms with E-state index in [-0.39, 0.29) is 0 Å². The first-order chi connectivity index (χ1) is 5.38. The smallest absolute Gasteiger partial charge is 0.000585 e. The van der Waals surface area contributed by atoms with Gasteiger partial charge in [0, 0.05) is 0 Å². The molecular formula is C11H20S. The molecule has 0 aromatic rings. The van der Waals surface area contributed by atoms with Gasteiger partial charge in [-0.15, -0.1) is 12.6 Å². The third-order valence-electron chi connectivity index (χ3n) is 2.22. The van der Waals surface area contributed by atoms with Crippen LogP contribution in [0.4, 0.5) is 0 Å². The Labute approximate surface area is 82.2 Å². The summed E-state index contributed by atoms with van der Waals surface area (Å²) >= 11 is 4.27. The quantitative estimate of drug-likeness (QED) is 0.485. The second kappa shape index (κ2) is 4.76. The fourth-order valence-corrected chi connectivity index (χ4v) is 0.714. The summed E-state index contributed by atoms with van der Waals surface area (Å²) in [6.45, 7) is 11.0. The number of hydrogen-bond acceptors (Lipinski definition) is 1. The Balaban J connectivity index is 4.18. The third-order valence-corrected chi connectivity index (χ3v) is 2.62. The lowest BCUT2D eigenvalue weighted by molar-refractivity contribution is 0.314. The molecule has 0 N–H and O–H groups in total. The van der Waals surface area contributed by atoms with Crippen molar-refractivity contribution in [3.8, 4) is 0 Å². The molecule has 12 heavy (non-hydrogen) atoms. The lowest BCUT2D eigenvalue weighted by Crippen LogP contribution is -2.14. The Bertz CT molecular complexity index is 182. The summed E-state index contributed by atoms with van der Waals surface area (Å²) in [4.78, 5) is 1.03. The van der Waals surface area contributed by atoms with E-state index in [1.807, 2.05) is 13.0 Å². The largest absolute Gasteiger partial charge is 0.144 e. The van der Waals surface area contributed by atoms with Gasteiger partial charge in [-0.25, -0.2) is 0 Å². The van der Waals surface area contributed by atoms with Crippen molar-refractivity contribution < 1.29 is 0 Å². The number of thiol groups is 1. The van der Waals surface area contributed by atoms with Crippen LogP contribution in [0.2, 0.25) is 0 Å². The highest BCUT2D eigenvalue weighted by atomic mass is 32.1. The summed E-state index contributed by atoms with van der Waals surface area (Å²) in [6.07, 6.45) is 6.27. The van der Waals surface area contributed by atoms with E-state index in [1.54, 1.807) is 0 Å². The van der Waals surface area contributed by atoms with Gasteiger partial charge in [-0.2, -0.15) is 0 Å². The van der Waals surface area contributed by atoms with Gasteiger partial charge in [0.2, 0.25) is 0 Å². The monoisotopic (exact) mass is 184 g/mol. The second-order valence-corrected chi connectivity index (χ2v) is 4.74. The van der Waals surface area contributed by atoms with E-state index in [0.717, 1.165) is 4.91 Å². The van der Waals surface area contributed by atoms with Crippen LogP contribution in [-0.2, 0) is 0 Å². The SMILES string of the molecule is C/C=C(S)\C=C/C(C)C(C)(C)C. The molecule has 0 saturated carbocycles. The fourth-order valence-electron chi connectivity index (χ4n) is 0.628. The van der Waals surface area contributed by atoms with E-state index in [2.05, 4.69) is 52.5 Å². The van der Waals surface area contributed by atoms with Gasteiger partial charge in [-0.1, -0.05) is 45.9 Å². The molecule has 0 aromatic carbocycles. The maximum absolute atomic E-state index is 4.27. The van der Waals surface area contributed by atoms with Gasteiger partial charge in [-0.05, 0) is 23.2 Å². The molecular weight excluding hydrogens is 164 g/mol. The molecule has 1 atom stereocenters. The summed E-state index contributed by atoms with van der Waals surface area (Å²) in [5.41, 5.74) is 0.346. The van der Waals surface area contributed by atoms with Crippen molar-refractivity contribution in [2.45, 2.75) is 34.6 Å². The highest BCUT2D eigenvalue weighted by molar-refractivity contribution is 7.84. The molecule has 0 aliphatic heterocycles. The Hall–Kier alpha value is -0.170. The van der Waals surface area contributed by atoms with Crippen LogP contribution < -0.4 is 0 Å². The van der Waals surface area contributed by atoms with Gasteiger partial charge in [0.15, 0.2) is 0 Å². The Morgan fingerprint density at radius 1 is 1.33 bits per heavy atom. The molecule has 1 heteroatoms. The number of allylic oxidation sites excluding steroid dienone is 3. The molecule has 0 bridgehead atoms. The highest BCUT2D eigenvalue weighted by Gasteiger charge is 2.16. The van der Waals surface area contributed by atoms with Crippen LogP contribution in [0.1, 0.15) is 34.6 Å². The zero-order valence-electron chi connectivity index (χ0n) is 8.76. The summed E-state index contributed by atoms with van der Waals surface area (Å²) in [7, 11) is 0. The molecule has 0 rings (SSSR count). The first-order valence-electron chi connectivity index (χ1n) is 4.41. The van der Waals surface area contributed by atoms with Crippen LogP contribution in [0, 0.1) is 11.3 Å². The number of rotatable bonds is 2. The van der Waals surface area contributed by atoms with Crippen LogP contribution in [0.5, 0.6) is 0 Å². The molecule has 0 nitrogen and oxygen atoms in total. The van der Waals surface area contributed by atoms with Crippen LogP contribution >= 0.6 is 12.6 Å². The maximum Gasteiger partial charge on any atom is -0.000585 e. The van der Waals surface area contributed by atoms with E-state index in [9.17, 15) is 0 Å². The second-order valence-electron chi connectivity index (χ2n) is 4.23. The van der Waals surface area contributed by atoms with Crippen molar-refractivity contribution >= 4 is 12.6 Å². The van der Waals surface area contributed by atoms with Crippen LogP contribution in [-0.4, -0.2) is 0 Å². The minimum absolute atomic E-state index is 0.346. The van der Waals surface area contributed by atoms with E-state index in [1.165, 1.54) is 0 Å². The van der Waals surface area contributed by atoms with Crippen molar-refractivity contribution in [3.63, 3.8) is 0 Å². The summed E-state index contributed by atoms with van der Waals surface area (Å²) in [5, 5.41) is 0. The predicted molar refractivity (Wildman–Crippen MR) is 60.5 cm³/mol. The Kier molecular flexibility index (Phi) is 4.69. The maximum atomic E-state index is 4.27. The minimum atomic E-state index is 0.346. The molecule has 1 unspecified atom stereocenters. The minimum Gasteiger partial charge on any atom is -0.144 e. The fraction of sp³-hybridized carbons (Fsp3) is 0.636. The van der Waals surface area contributed by atoms with Gasteiger partial charge < -0.3 is 0 Å². The van der Waals surface area contributed by atoms with Crippen molar-refractivity contribution in [2.75, 3.05) is 0 Å². The average molecular weight is 184 g/mol. The zero-order valence-corrected chi connectivity index (χ0v) is 9.65. The molecule has 0 aromatic heterocycles. The topological polar surface area (TPSA) is 0 Å². The normalized spacial score (nSPS) is 17.0. The van der Waals surface area contributed by atoms with Gasteiger partial charge in [0.05, 0.1) is 0 Å². The Morgan fingerprint density at radius 3 is 2.17 bits per heavy atom. The molecule has 0 heterocycles. The van der Waals surface area contributed by atoms with Gasteiger partial charge in [0.25, 0.3) is 0 Å². The van der Waals surface area contributed by atoms with E-state index < -0.39 is 0 Å². The standard InChI is InChI=1S/C11H20S/c1-6-10(12)8-7-9(2)11(3,4)5/h6-9,12H,1-5H3/b8-7-,10-6+. The van der Waals surface area contributed by atoms with E-state index in [4.69, 9.17) is 0 Å². The van der Waals surface area contributed by atoms with Crippen LogP contribution in [0.15, 0.2) is 23.1 Å². The predicted octanol–water partition coefficient (Wildman–Crippen LogP) is 4.06. The zero-order chi connectivity index (χ0) is 9.78. The van der Waals surface area contributed by atoms with Gasteiger partial charge in [-0.3, -0.25) is 0 Å². The lowest BCUT2D eigenvalue weighted by Gasteiger charge is -2.24. The summed E-state index contributed by atoms with van der Waals surface area (Å²) < 4.78 is 0. The number of hydrogen-bond donors (Lipinski definition) is 1. The lowest BCUT2D eigenvalue weighted by atomic mass is 9.82. The van der Waals surface area contributed by atoms with Crippen molar-refractivity contribution in [1.29, 1.82) is 0 Å². The third kappa shape index (κ3) is 4.66. The molecule has 0 spiro atoms. The molecule has 0 aliphatic rings. The average Bonchev–Trinajstić information content (AvgIpc) is 1.97. The molecule has 70 valence electrons. The van der Waals surface area contributed by atoms with Crippen LogP contribution in [0.3, 0.4) is 0 Å². The van der Waals surface area contributed by atoms with Crippen molar-refractivity contribution in [3.05, 3.63) is 23.1 Å². The van der Waals surface area contributed by atoms with Gasteiger partial charge >= 0.3 is 0 Å². The first kappa shape index (κ1) is 11.8.